The molecule has 3 heteroatoms. The first-order valence-electron chi connectivity index (χ1n) is 5.98. The molecular formula is C12H24O2Si. The van der Waals surface area contributed by atoms with Crippen LogP contribution in [0.2, 0.25) is 6.04 Å². The second-order valence-corrected chi connectivity index (χ2v) is 6.46. The van der Waals surface area contributed by atoms with E-state index >= 15 is 0 Å². The van der Waals surface area contributed by atoms with Crippen LogP contribution in [0.25, 0.3) is 0 Å². The minimum Gasteiger partial charge on any atom is -0.360 e. The highest BCUT2D eigenvalue weighted by atomic mass is 28.2. The van der Waals surface area contributed by atoms with E-state index < -0.39 is 0 Å². The van der Waals surface area contributed by atoms with Gasteiger partial charge in [0.15, 0.2) is 0 Å². The highest BCUT2D eigenvalue weighted by molar-refractivity contribution is 6.36. The maximum Gasteiger partial charge on any atom is 0.134 e. The molecule has 0 heterocycles. The van der Waals surface area contributed by atoms with E-state index in [9.17, 15) is 0 Å². The summed E-state index contributed by atoms with van der Waals surface area (Å²) in [5, 5.41) is 0. The zero-order valence-corrected chi connectivity index (χ0v) is 11.5. The molecule has 0 radical (unpaired) electrons. The van der Waals surface area contributed by atoms with Gasteiger partial charge in [-0.25, -0.2) is 0 Å². The van der Waals surface area contributed by atoms with E-state index in [0.29, 0.717) is 0 Å². The lowest BCUT2D eigenvalue weighted by Gasteiger charge is -2.14. The Kier molecular flexibility index (Phi) is 6.21. The zero-order chi connectivity index (χ0) is 11.1. The van der Waals surface area contributed by atoms with Gasteiger partial charge < -0.3 is 9.47 Å². The average molecular weight is 228 g/mol. The van der Waals surface area contributed by atoms with Crippen molar-refractivity contribution in [3.8, 4) is 0 Å². The molecule has 1 aliphatic carbocycles. The second-order valence-electron chi connectivity index (χ2n) is 4.51. The van der Waals surface area contributed by atoms with E-state index in [1.54, 1.807) is 14.2 Å². The summed E-state index contributed by atoms with van der Waals surface area (Å²) in [6, 6.07) is 1.35. The lowest BCUT2D eigenvalue weighted by atomic mass is 10.0. The molecule has 2 unspecified atom stereocenters. The van der Waals surface area contributed by atoms with Gasteiger partial charge >= 0.3 is 0 Å². The Morgan fingerprint density at radius 3 is 2.67 bits per heavy atom. The average Bonchev–Trinajstić information content (AvgIpc) is 2.72. The predicted octanol–water partition coefficient (Wildman–Crippen LogP) is 2.14. The van der Waals surface area contributed by atoms with Gasteiger partial charge in [-0.15, -0.1) is 6.58 Å². The predicted molar refractivity (Wildman–Crippen MR) is 66.8 cm³/mol. The van der Waals surface area contributed by atoms with Gasteiger partial charge in [0.1, 0.15) is 5.91 Å². The maximum atomic E-state index is 5.23. The molecule has 1 saturated carbocycles. The Labute approximate surface area is 95.9 Å². The number of hydrogen-bond donors (Lipinski definition) is 0. The van der Waals surface area contributed by atoms with Gasteiger partial charge in [-0.3, -0.25) is 0 Å². The van der Waals surface area contributed by atoms with Crippen molar-refractivity contribution >= 4 is 9.52 Å². The summed E-state index contributed by atoms with van der Waals surface area (Å²) in [5.41, 5.74) is 0. The van der Waals surface area contributed by atoms with Crippen molar-refractivity contribution in [2.45, 2.75) is 37.6 Å². The summed E-state index contributed by atoms with van der Waals surface area (Å²) >= 11 is 0. The van der Waals surface area contributed by atoms with Crippen LogP contribution in [-0.2, 0) is 9.47 Å². The third-order valence-electron chi connectivity index (χ3n) is 3.49. The minimum atomic E-state index is -0.202. The summed E-state index contributed by atoms with van der Waals surface area (Å²) in [7, 11) is 3.28. The number of methoxy groups -OCH3 is 2. The fourth-order valence-corrected chi connectivity index (χ4v) is 4.11. The van der Waals surface area contributed by atoms with Gasteiger partial charge in [0.2, 0.25) is 0 Å². The number of allylic oxidation sites excluding steroid dienone is 1. The maximum absolute atomic E-state index is 5.23. The third-order valence-corrected chi connectivity index (χ3v) is 5.45. The first-order chi connectivity index (χ1) is 7.30. The van der Waals surface area contributed by atoms with E-state index in [0.717, 1.165) is 11.8 Å². The Hall–Kier alpha value is -0.123. The summed E-state index contributed by atoms with van der Waals surface area (Å²) in [6.45, 7) is 3.88. The Balaban J connectivity index is 2.08. The SMILES string of the molecule is C=CC1CCC(CC[SiH2]C(OC)OC)C1. The Bertz CT molecular complexity index is 180. The van der Waals surface area contributed by atoms with Crippen molar-refractivity contribution in [3.05, 3.63) is 12.7 Å². The van der Waals surface area contributed by atoms with E-state index in [2.05, 4.69) is 12.7 Å². The van der Waals surface area contributed by atoms with Gasteiger partial charge in [-0.2, -0.15) is 0 Å². The largest absolute Gasteiger partial charge is 0.360 e. The number of rotatable bonds is 7. The summed E-state index contributed by atoms with van der Waals surface area (Å²) < 4.78 is 10.5. The molecular weight excluding hydrogens is 204 g/mol. The monoisotopic (exact) mass is 228 g/mol. The van der Waals surface area contributed by atoms with Crippen molar-refractivity contribution in [2.24, 2.45) is 11.8 Å². The van der Waals surface area contributed by atoms with Crippen LogP contribution < -0.4 is 0 Å². The molecule has 15 heavy (non-hydrogen) atoms. The van der Waals surface area contributed by atoms with Crippen molar-refractivity contribution < 1.29 is 9.47 Å². The van der Waals surface area contributed by atoms with Crippen LogP contribution in [0.5, 0.6) is 0 Å². The standard InChI is InChI=1S/C12H24O2Si/c1-4-10-5-6-11(9-10)7-8-15-12(13-2)14-3/h4,10-12H,1,5-9,15H2,2-3H3. The molecule has 0 spiro atoms. The smallest absolute Gasteiger partial charge is 0.134 e. The molecule has 1 rings (SSSR count). The highest BCUT2D eigenvalue weighted by Crippen LogP contribution is 2.34. The lowest BCUT2D eigenvalue weighted by molar-refractivity contribution is -0.0441. The van der Waals surface area contributed by atoms with E-state index in [-0.39, 0.29) is 15.4 Å². The van der Waals surface area contributed by atoms with Crippen LogP contribution in [0.1, 0.15) is 25.7 Å². The quantitative estimate of drug-likeness (QED) is 0.378. The fraction of sp³-hybridized carbons (Fsp3) is 0.833. The molecule has 1 fully saturated rings. The van der Waals surface area contributed by atoms with Crippen LogP contribution in [-0.4, -0.2) is 29.7 Å². The van der Waals surface area contributed by atoms with Crippen LogP contribution in [0.15, 0.2) is 12.7 Å². The van der Waals surface area contributed by atoms with Crippen molar-refractivity contribution in [1.82, 2.24) is 0 Å². The molecule has 0 amide bonds. The van der Waals surface area contributed by atoms with Crippen LogP contribution >= 0.6 is 0 Å². The molecule has 2 nitrogen and oxygen atoms in total. The molecule has 0 aromatic rings. The lowest BCUT2D eigenvalue weighted by Crippen LogP contribution is -2.21. The van der Waals surface area contributed by atoms with Crippen LogP contribution in [0.4, 0.5) is 0 Å². The molecule has 0 aromatic carbocycles. The topological polar surface area (TPSA) is 18.5 Å². The van der Waals surface area contributed by atoms with Crippen molar-refractivity contribution in [3.63, 3.8) is 0 Å². The summed E-state index contributed by atoms with van der Waals surface area (Å²) in [5.74, 6) is 1.86. The summed E-state index contributed by atoms with van der Waals surface area (Å²) in [6.07, 6.45) is 7.62. The zero-order valence-electron chi connectivity index (χ0n) is 10.1. The third kappa shape index (κ3) is 4.49. The molecule has 0 saturated heterocycles. The fourth-order valence-electron chi connectivity index (χ4n) is 2.50. The Morgan fingerprint density at radius 2 is 2.13 bits per heavy atom. The number of hydrogen-bond acceptors (Lipinski definition) is 2. The molecule has 2 atom stereocenters. The van der Waals surface area contributed by atoms with Crippen molar-refractivity contribution in [2.75, 3.05) is 14.2 Å². The van der Waals surface area contributed by atoms with Gasteiger partial charge in [0, 0.05) is 14.2 Å². The van der Waals surface area contributed by atoms with E-state index in [1.165, 1.54) is 31.7 Å². The molecule has 88 valence electrons. The first kappa shape index (κ1) is 12.9. The van der Waals surface area contributed by atoms with Gasteiger partial charge in [0.25, 0.3) is 0 Å². The molecule has 1 aliphatic rings. The second kappa shape index (κ2) is 7.20. The minimum absolute atomic E-state index is 0.126. The van der Waals surface area contributed by atoms with Crippen LogP contribution in [0.3, 0.4) is 0 Å². The highest BCUT2D eigenvalue weighted by Gasteiger charge is 2.22. The molecule has 0 aliphatic heterocycles. The van der Waals surface area contributed by atoms with E-state index in [4.69, 9.17) is 9.47 Å². The number of ether oxygens (including phenoxy) is 2. The first-order valence-corrected chi connectivity index (χ1v) is 7.80. The Morgan fingerprint density at radius 1 is 1.40 bits per heavy atom. The van der Waals surface area contributed by atoms with Crippen molar-refractivity contribution in [1.29, 1.82) is 0 Å². The molecule has 0 aromatic heterocycles. The van der Waals surface area contributed by atoms with Crippen LogP contribution in [0, 0.1) is 11.8 Å². The van der Waals surface area contributed by atoms with E-state index in [1.807, 2.05) is 0 Å². The molecule has 0 bridgehead atoms. The molecule has 0 N–H and O–H groups in total. The van der Waals surface area contributed by atoms with Gasteiger partial charge in [0.05, 0.1) is 9.52 Å². The normalized spacial score (nSPS) is 26.9. The van der Waals surface area contributed by atoms with Gasteiger partial charge in [-0.05, 0) is 31.1 Å². The van der Waals surface area contributed by atoms with Gasteiger partial charge in [-0.1, -0.05) is 18.5 Å². The summed E-state index contributed by atoms with van der Waals surface area (Å²) in [4.78, 5) is 0.